The van der Waals surface area contributed by atoms with Gasteiger partial charge in [0.05, 0.1) is 16.3 Å². The van der Waals surface area contributed by atoms with Crippen molar-refractivity contribution in [2.75, 3.05) is 20.2 Å². The van der Waals surface area contributed by atoms with E-state index in [-0.39, 0.29) is 5.75 Å². The molecule has 112 valence electrons. The largest absolute Gasteiger partial charge is 0.504 e. The van der Waals surface area contributed by atoms with Crippen molar-refractivity contribution in [2.45, 2.75) is 38.3 Å². The minimum Gasteiger partial charge on any atom is -0.504 e. The molecule has 0 unspecified atom stereocenters. The van der Waals surface area contributed by atoms with Gasteiger partial charge in [0.1, 0.15) is 0 Å². The molecule has 1 aromatic carbocycles. The Morgan fingerprint density at radius 3 is 2.55 bits per heavy atom. The molecule has 1 fully saturated rings. The molecule has 1 aliphatic rings. The highest BCUT2D eigenvalue weighted by Gasteiger charge is 2.30. The number of aliphatic hydroxyl groups is 1. The molecule has 0 amide bonds. The Morgan fingerprint density at radius 1 is 1.35 bits per heavy atom. The highest BCUT2D eigenvalue weighted by Crippen LogP contribution is 2.33. The summed E-state index contributed by atoms with van der Waals surface area (Å²) in [6, 6.07) is 3.87. The molecule has 0 bridgehead atoms. The van der Waals surface area contributed by atoms with Crippen molar-refractivity contribution in [3.63, 3.8) is 0 Å². The van der Waals surface area contributed by atoms with Crippen LogP contribution in [0.15, 0.2) is 12.1 Å². The molecule has 0 saturated carbocycles. The molecule has 0 aliphatic carbocycles. The number of phenolic OH excluding ortho intramolecular Hbond substituents is 1. The molecule has 2 N–H and O–H groups in total. The van der Waals surface area contributed by atoms with Crippen molar-refractivity contribution in [3.05, 3.63) is 21.3 Å². The van der Waals surface area contributed by atoms with Crippen LogP contribution in [0.1, 0.15) is 31.7 Å². The smallest absolute Gasteiger partial charge is 0.171 e. The van der Waals surface area contributed by atoms with Crippen LogP contribution < -0.4 is 4.74 Å². The fourth-order valence-electron chi connectivity index (χ4n) is 2.61. The van der Waals surface area contributed by atoms with Crippen LogP contribution in [0.5, 0.6) is 11.5 Å². The summed E-state index contributed by atoms with van der Waals surface area (Å²) in [7, 11) is 1.57. The number of likely N-dealkylation sites (tertiary alicyclic amines) is 1. The number of rotatable bonds is 4. The summed E-state index contributed by atoms with van der Waals surface area (Å²) >= 11 is 2.12. The first kappa shape index (κ1) is 15.9. The molecule has 1 saturated heterocycles. The molecule has 4 nitrogen and oxygen atoms in total. The zero-order valence-corrected chi connectivity index (χ0v) is 14.2. The van der Waals surface area contributed by atoms with Gasteiger partial charge in [-0.2, -0.15) is 0 Å². The van der Waals surface area contributed by atoms with Gasteiger partial charge < -0.3 is 14.9 Å². The lowest BCUT2D eigenvalue weighted by atomic mass is 9.89. The molecule has 0 spiro atoms. The van der Waals surface area contributed by atoms with E-state index in [0.717, 1.165) is 48.0 Å². The zero-order valence-electron chi connectivity index (χ0n) is 12.0. The number of methoxy groups -OCH3 is 1. The van der Waals surface area contributed by atoms with E-state index in [1.54, 1.807) is 7.11 Å². The lowest BCUT2D eigenvalue weighted by Gasteiger charge is -2.37. The van der Waals surface area contributed by atoms with E-state index in [9.17, 15) is 10.2 Å². The van der Waals surface area contributed by atoms with Gasteiger partial charge in [0.25, 0.3) is 0 Å². The summed E-state index contributed by atoms with van der Waals surface area (Å²) in [6.45, 7) is 4.68. The van der Waals surface area contributed by atoms with Crippen LogP contribution in [-0.4, -0.2) is 40.9 Å². The van der Waals surface area contributed by atoms with Gasteiger partial charge in [-0.25, -0.2) is 0 Å². The number of halogens is 1. The number of hydrogen-bond acceptors (Lipinski definition) is 4. The average Bonchev–Trinajstić information content (AvgIpc) is 2.45. The molecule has 5 heteroatoms. The number of aromatic hydroxyl groups is 1. The fraction of sp³-hybridized carbons (Fsp3) is 0.600. The van der Waals surface area contributed by atoms with Gasteiger partial charge in [-0.15, -0.1) is 0 Å². The Bertz CT molecular complexity index is 470. The summed E-state index contributed by atoms with van der Waals surface area (Å²) < 4.78 is 6.00. The van der Waals surface area contributed by atoms with Crippen LogP contribution in [-0.2, 0) is 6.54 Å². The van der Waals surface area contributed by atoms with Crippen LogP contribution in [0.25, 0.3) is 0 Å². The quantitative estimate of drug-likeness (QED) is 0.776. The van der Waals surface area contributed by atoms with Crippen molar-refractivity contribution >= 4 is 22.6 Å². The van der Waals surface area contributed by atoms with Crippen molar-refractivity contribution in [1.29, 1.82) is 0 Å². The van der Waals surface area contributed by atoms with Gasteiger partial charge in [-0.1, -0.05) is 6.92 Å². The monoisotopic (exact) mass is 391 g/mol. The molecular formula is C15H22INO3. The first-order chi connectivity index (χ1) is 9.47. The summed E-state index contributed by atoms with van der Waals surface area (Å²) in [5.41, 5.74) is 0.656. The summed E-state index contributed by atoms with van der Waals surface area (Å²) in [5.74, 6) is 0.727. The van der Waals surface area contributed by atoms with Crippen LogP contribution in [0.2, 0.25) is 0 Å². The molecule has 0 atom stereocenters. The number of hydrogen-bond donors (Lipinski definition) is 2. The highest BCUT2D eigenvalue weighted by atomic mass is 127. The first-order valence-corrected chi connectivity index (χ1v) is 8.05. The van der Waals surface area contributed by atoms with E-state index < -0.39 is 5.60 Å². The number of ether oxygens (including phenoxy) is 1. The van der Waals surface area contributed by atoms with Gasteiger partial charge in [0.2, 0.25) is 0 Å². The Labute approximate surface area is 133 Å². The topological polar surface area (TPSA) is 52.9 Å². The molecule has 1 aromatic rings. The van der Waals surface area contributed by atoms with E-state index >= 15 is 0 Å². The number of piperidine rings is 1. The molecule has 20 heavy (non-hydrogen) atoms. The second-order valence-electron chi connectivity index (χ2n) is 5.48. The van der Waals surface area contributed by atoms with E-state index in [4.69, 9.17) is 4.74 Å². The normalized spacial score (nSPS) is 19.0. The first-order valence-electron chi connectivity index (χ1n) is 6.97. The number of benzene rings is 1. The van der Waals surface area contributed by atoms with Crippen LogP contribution >= 0.6 is 22.6 Å². The van der Waals surface area contributed by atoms with Crippen molar-refractivity contribution in [3.8, 4) is 11.5 Å². The third kappa shape index (κ3) is 3.56. The Balaban J connectivity index is 2.03. The van der Waals surface area contributed by atoms with Crippen molar-refractivity contribution in [1.82, 2.24) is 4.90 Å². The number of nitrogens with zero attached hydrogens (tertiary/aromatic N) is 1. The van der Waals surface area contributed by atoms with Gasteiger partial charge in [0.15, 0.2) is 11.5 Å². The van der Waals surface area contributed by atoms with Crippen LogP contribution in [0.4, 0.5) is 0 Å². The predicted octanol–water partition coefficient (Wildman–Crippen LogP) is 2.74. The number of phenols is 1. The minimum absolute atomic E-state index is 0.204. The molecule has 2 rings (SSSR count). The second-order valence-corrected chi connectivity index (χ2v) is 6.64. The maximum Gasteiger partial charge on any atom is 0.171 e. The second kappa shape index (κ2) is 6.49. The minimum atomic E-state index is -0.475. The zero-order chi connectivity index (χ0) is 14.8. The third-order valence-electron chi connectivity index (χ3n) is 4.16. The van der Waals surface area contributed by atoms with Crippen LogP contribution in [0, 0.1) is 3.57 Å². The van der Waals surface area contributed by atoms with Crippen molar-refractivity contribution in [2.24, 2.45) is 0 Å². The SMILES string of the molecule is CCC1(O)CCN(Cc2cc(I)c(O)c(OC)c2)CC1. The summed E-state index contributed by atoms with van der Waals surface area (Å²) in [6.07, 6.45) is 2.48. The summed E-state index contributed by atoms with van der Waals surface area (Å²) in [5, 5.41) is 20.1. The predicted molar refractivity (Wildman–Crippen MR) is 87.1 cm³/mol. The summed E-state index contributed by atoms with van der Waals surface area (Å²) in [4.78, 5) is 2.34. The van der Waals surface area contributed by atoms with Gasteiger partial charge in [-0.3, -0.25) is 4.90 Å². The van der Waals surface area contributed by atoms with Gasteiger partial charge in [-0.05, 0) is 59.5 Å². The Kier molecular flexibility index (Phi) is 5.14. The van der Waals surface area contributed by atoms with Crippen molar-refractivity contribution < 1.29 is 14.9 Å². The van der Waals surface area contributed by atoms with E-state index in [0.29, 0.717) is 5.75 Å². The Hall–Kier alpha value is -0.530. The Morgan fingerprint density at radius 2 is 2.00 bits per heavy atom. The fourth-order valence-corrected chi connectivity index (χ4v) is 3.28. The van der Waals surface area contributed by atoms with Gasteiger partial charge >= 0.3 is 0 Å². The van der Waals surface area contributed by atoms with E-state index in [1.165, 1.54) is 0 Å². The average molecular weight is 391 g/mol. The van der Waals surface area contributed by atoms with E-state index in [2.05, 4.69) is 27.5 Å². The third-order valence-corrected chi connectivity index (χ3v) is 4.98. The maximum absolute atomic E-state index is 10.2. The van der Waals surface area contributed by atoms with Gasteiger partial charge in [0, 0.05) is 19.6 Å². The highest BCUT2D eigenvalue weighted by molar-refractivity contribution is 14.1. The van der Waals surface area contributed by atoms with E-state index in [1.807, 2.05) is 19.1 Å². The lowest BCUT2D eigenvalue weighted by Crippen LogP contribution is -2.43. The molecule has 1 aliphatic heterocycles. The molecule has 0 aromatic heterocycles. The molecule has 1 heterocycles. The van der Waals surface area contributed by atoms with Crippen LogP contribution in [0.3, 0.4) is 0 Å². The molecular weight excluding hydrogens is 369 g/mol. The standard InChI is InChI=1S/C15H22INO3/c1-3-15(19)4-6-17(7-5-15)10-11-8-12(16)14(18)13(9-11)20-2/h8-9,18-19H,3-7,10H2,1-2H3. The lowest BCUT2D eigenvalue weighted by molar-refractivity contribution is -0.0256. The maximum atomic E-state index is 10.2. The molecule has 0 radical (unpaired) electrons.